The summed E-state index contributed by atoms with van der Waals surface area (Å²) in [6, 6.07) is 26.9. The van der Waals surface area contributed by atoms with Crippen molar-refractivity contribution in [1.82, 2.24) is 0 Å². The normalized spacial score (nSPS) is 10.3. The van der Waals surface area contributed by atoms with E-state index in [1.807, 2.05) is 24.3 Å². The minimum atomic E-state index is 0.594. The van der Waals surface area contributed by atoms with E-state index in [4.69, 9.17) is 12.2 Å². The number of aryl methyl sites for hydroxylation is 1. The maximum atomic E-state index is 5.46. The van der Waals surface area contributed by atoms with Crippen LogP contribution in [0.15, 0.2) is 83.8 Å². The number of thioether (sulfide) groups is 1. The lowest BCUT2D eigenvalue weighted by molar-refractivity contribution is 1.38. The predicted molar refractivity (Wildman–Crippen MR) is 113 cm³/mol. The van der Waals surface area contributed by atoms with Gasteiger partial charge in [0.05, 0.1) is 5.69 Å². The zero-order chi connectivity index (χ0) is 17.5. The molecule has 0 saturated heterocycles. The van der Waals surface area contributed by atoms with Crippen LogP contribution in [-0.2, 0) is 5.75 Å². The van der Waals surface area contributed by atoms with E-state index in [0.717, 1.165) is 17.1 Å². The Morgan fingerprint density at radius 3 is 2.28 bits per heavy atom. The molecule has 0 unspecified atom stereocenters. The smallest absolute Gasteiger partial charge is 0.175 e. The van der Waals surface area contributed by atoms with Gasteiger partial charge in [-0.3, -0.25) is 0 Å². The van der Waals surface area contributed by atoms with E-state index < -0.39 is 0 Å². The third-order valence-corrected chi connectivity index (χ3v) is 5.03. The Kier molecular flexibility index (Phi) is 6.09. The number of nitrogens with one attached hydrogen (secondary N) is 2. The summed E-state index contributed by atoms with van der Waals surface area (Å²) in [7, 11) is 0. The second-order valence-electron chi connectivity index (χ2n) is 5.72. The van der Waals surface area contributed by atoms with Gasteiger partial charge in [0.25, 0.3) is 0 Å². The monoisotopic (exact) mass is 364 g/mol. The number of para-hydroxylation sites is 1. The Morgan fingerprint density at radius 2 is 1.52 bits per heavy atom. The molecule has 0 aliphatic heterocycles. The van der Waals surface area contributed by atoms with Gasteiger partial charge in [-0.05, 0) is 49.0 Å². The molecule has 0 fully saturated rings. The van der Waals surface area contributed by atoms with Crippen LogP contribution < -0.4 is 10.6 Å². The molecule has 0 aliphatic carbocycles. The lowest BCUT2D eigenvalue weighted by Crippen LogP contribution is -2.19. The number of benzene rings is 3. The zero-order valence-corrected chi connectivity index (χ0v) is 15.7. The summed E-state index contributed by atoms with van der Waals surface area (Å²) < 4.78 is 0. The average Bonchev–Trinajstić information content (AvgIpc) is 2.64. The van der Waals surface area contributed by atoms with Gasteiger partial charge in [0.15, 0.2) is 5.11 Å². The molecule has 3 aromatic rings. The van der Waals surface area contributed by atoms with Gasteiger partial charge in [-0.15, -0.1) is 11.8 Å². The minimum absolute atomic E-state index is 0.594. The fourth-order valence-electron chi connectivity index (χ4n) is 2.35. The molecule has 0 aliphatic rings. The van der Waals surface area contributed by atoms with Gasteiger partial charge in [0.2, 0.25) is 0 Å². The van der Waals surface area contributed by atoms with Crippen LogP contribution in [0.3, 0.4) is 0 Å². The van der Waals surface area contributed by atoms with Gasteiger partial charge in [0.1, 0.15) is 0 Å². The largest absolute Gasteiger partial charge is 0.332 e. The molecule has 0 radical (unpaired) electrons. The standard InChI is InChI=1S/C21H20N2S2/c1-16-11-13-18(14-12-16)22-21(24)23-19-9-5-6-10-20(19)25-15-17-7-3-2-4-8-17/h2-14H,15H2,1H3,(H2,22,23,24). The second-order valence-corrected chi connectivity index (χ2v) is 7.14. The molecule has 0 saturated carbocycles. The molecule has 2 N–H and O–H groups in total. The SMILES string of the molecule is Cc1ccc(NC(=S)Nc2ccccc2SCc2ccccc2)cc1. The van der Waals surface area contributed by atoms with Crippen LogP contribution in [0.25, 0.3) is 0 Å². The second kappa shape index (κ2) is 8.70. The third-order valence-electron chi connectivity index (χ3n) is 3.68. The summed E-state index contributed by atoms with van der Waals surface area (Å²) in [4.78, 5) is 1.18. The first-order valence-electron chi connectivity index (χ1n) is 8.11. The van der Waals surface area contributed by atoms with Crippen LogP contribution in [0.1, 0.15) is 11.1 Å². The van der Waals surface area contributed by atoms with Crippen LogP contribution in [0, 0.1) is 6.92 Å². The number of hydrogen-bond donors (Lipinski definition) is 2. The van der Waals surface area contributed by atoms with Crippen LogP contribution in [-0.4, -0.2) is 5.11 Å². The van der Waals surface area contributed by atoms with Crippen LogP contribution in [0.2, 0.25) is 0 Å². The van der Waals surface area contributed by atoms with Crippen molar-refractivity contribution < 1.29 is 0 Å². The molecule has 0 amide bonds. The zero-order valence-electron chi connectivity index (χ0n) is 14.0. The molecule has 3 aromatic carbocycles. The van der Waals surface area contributed by atoms with E-state index in [-0.39, 0.29) is 0 Å². The molecular formula is C21H20N2S2. The lowest BCUT2D eigenvalue weighted by atomic mass is 10.2. The van der Waals surface area contributed by atoms with Gasteiger partial charge in [-0.2, -0.15) is 0 Å². The fraction of sp³-hybridized carbons (Fsp3) is 0.0952. The number of anilines is 2. The number of hydrogen-bond acceptors (Lipinski definition) is 2. The molecule has 0 bridgehead atoms. The highest BCUT2D eigenvalue weighted by Gasteiger charge is 2.05. The first kappa shape index (κ1) is 17.5. The van der Waals surface area contributed by atoms with Crippen molar-refractivity contribution in [2.45, 2.75) is 17.6 Å². The van der Waals surface area contributed by atoms with Crippen LogP contribution in [0.5, 0.6) is 0 Å². The molecule has 0 spiro atoms. The van der Waals surface area contributed by atoms with Gasteiger partial charge in [0, 0.05) is 16.3 Å². The first-order chi connectivity index (χ1) is 12.2. The Labute approximate surface area is 158 Å². The summed E-state index contributed by atoms with van der Waals surface area (Å²) in [5.41, 5.74) is 4.54. The highest BCUT2D eigenvalue weighted by atomic mass is 32.2. The van der Waals surface area contributed by atoms with Crippen molar-refractivity contribution in [2.75, 3.05) is 10.6 Å². The topological polar surface area (TPSA) is 24.1 Å². The van der Waals surface area contributed by atoms with Gasteiger partial charge in [-0.1, -0.05) is 60.2 Å². The Morgan fingerprint density at radius 1 is 0.840 bits per heavy atom. The average molecular weight is 365 g/mol. The van der Waals surface area contributed by atoms with Gasteiger partial charge < -0.3 is 10.6 Å². The van der Waals surface area contributed by atoms with Crippen molar-refractivity contribution >= 4 is 40.5 Å². The van der Waals surface area contributed by atoms with Crippen LogP contribution >= 0.6 is 24.0 Å². The maximum Gasteiger partial charge on any atom is 0.175 e. The van der Waals surface area contributed by atoms with Crippen molar-refractivity contribution in [3.05, 3.63) is 90.0 Å². The van der Waals surface area contributed by atoms with Crippen molar-refractivity contribution in [2.24, 2.45) is 0 Å². The van der Waals surface area contributed by atoms with E-state index in [0.29, 0.717) is 5.11 Å². The molecule has 25 heavy (non-hydrogen) atoms. The molecule has 126 valence electrons. The quantitative estimate of drug-likeness (QED) is 0.422. The summed E-state index contributed by atoms with van der Waals surface area (Å²) in [6.45, 7) is 2.07. The number of rotatable bonds is 5. The van der Waals surface area contributed by atoms with Gasteiger partial charge in [-0.25, -0.2) is 0 Å². The molecule has 2 nitrogen and oxygen atoms in total. The summed E-state index contributed by atoms with van der Waals surface area (Å²) in [5.74, 6) is 0.928. The van der Waals surface area contributed by atoms with Crippen molar-refractivity contribution in [1.29, 1.82) is 0 Å². The minimum Gasteiger partial charge on any atom is -0.332 e. The summed E-state index contributed by atoms with van der Waals surface area (Å²) in [5, 5.41) is 7.13. The van der Waals surface area contributed by atoms with Crippen LogP contribution in [0.4, 0.5) is 11.4 Å². The highest BCUT2D eigenvalue weighted by molar-refractivity contribution is 7.98. The Bertz CT molecular complexity index is 830. The fourth-order valence-corrected chi connectivity index (χ4v) is 3.54. The predicted octanol–water partition coefficient (Wildman–Crippen LogP) is 6.10. The molecule has 0 aromatic heterocycles. The van der Waals surface area contributed by atoms with E-state index in [1.54, 1.807) is 11.8 Å². The summed E-state index contributed by atoms with van der Waals surface area (Å²) in [6.07, 6.45) is 0. The number of thiocarbonyl (C=S) groups is 1. The van der Waals surface area contributed by atoms with E-state index in [9.17, 15) is 0 Å². The van der Waals surface area contributed by atoms with E-state index in [2.05, 4.69) is 72.2 Å². The van der Waals surface area contributed by atoms with Gasteiger partial charge >= 0.3 is 0 Å². The third kappa shape index (κ3) is 5.34. The lowest BCUT2D eigenvalue weighted by Gasteiger charge is -2.14. The Balaban J connectivity index is 1.63. The molecule has 0 atom stereocenters. The first-order valence-corrected chi connectivity index (χ1v) is 9.50. The Hall–Kier alpha value is -2.30. The molecular weight excluding hydrogens is 344 g/mol. The maximum absolute atomic E-state index is 5.46. The highest BCUT2D eigenvalue weighted by Crippen LogP contribution is 2.29. The van der Waals surface area contributed by atoms with E-state index >= 15 is 0 Å². The summed E-state index contributed by atoms with van der Waals surface area (Å²) >= 11 is 7.26. The molecule has 0 heterocycles. The van der Waals surface area contributed by atoms with E-state index in [1.165, 1.54) is 16.0 Å². The van der Waals surface area contributed by atoms with Crippen molar-refractivity contribution in [3.8, 4) is 0 Å². The van der Waals surface area contributed by atoms with Crippen molar-refractivity contribution in [3.63, 3.8) is 0 Å². The molecule has 3 rings (SSSR count). The molecule has 4 heteroatoms.